The molecule has 5 heteroatoms. The Morgan fingerprint density at radius 3 is 1.70 bits per heavy atom. The Kier molecular flexibility index (Phi) is 14.7. The van der Waals surface area contributed by atoms with Gasteiger partial charge in [-0.2, -0.15) is 7.11 Å². The molecule has 0 atom stereocenters. The molecule has 1 heterocycles. The second kappa shape index (κ2) is 17.7. The first-order chi connectivity index (χ1) is 24.9. The molecule has 5 aromatic carbocycles. The maximum atomic E-state index is 6.14. The Bertz CT molecular complexity index is 2260. The summed E-state index contributed by atoms with van der Waals surface area (Å²) in [5, 5.41) is 5.43. The average Bonchev–Trinajstić information content (AvgIpc) is 3.42. The van der Waals surface area contributed by atoms with E-state index in [0.717, 1.165) is 72.9 Å². The predicted octanol–water partition coefficient (Wildman–Crippen LogP) is 15.4. The minimum atomic E-state index is -0.0162. The molecule has 4 nitrogen and oxygen atoms in total. The van der Waals surface area contributed by atoms with E-state index in [1.807, 2.05) is 0 Å². The minimum absolute atomic E-state index is 0. The van der Waals surface area contributed by atoms with E-state index in [2.05, 4.69) is 187 Å². The monoisotopic (exact) mass is 913 g/mol. The summed E-state index contributed by atoms with van der Waals surface area (Å²) in [6, 6.07) is 30.9. The van der Waals surface area contributed by atoms with Crippen LogP contribution in [0.2, 0.25) is 0 Å². The van der Waals surface area contributed by atoms with E-state index in [0.29, 0.717) is 11.8 Å². The summed E-state index contributed by atoms with van der Waals surface area (Å²) < 4.78 is 8.35. The van der Waals surface area contributed by atoms with Gasteiger partial charge in [0, 0.05) is 23.7 Å². The second-order valence-corrected chi connectivity index (χ2v) is 17.5. The summed E-state index contributed by atoms with van der Waals surface area (Å²) >= 11 is 0. The Hall–Kier alpha value is -3.96. The van der Waals surface area contributed by atoms with Crippen LogP contribution < -0.4 is 4.74 Å². The van der Waals surface area contributed by atoms with Crippen molar-refractivity contribution < 1.29 is 30.6 Å². The topological polar surface area (TPSA) is 41.1 Å². The van der Waals surface area contributed by atoms with E-state index in [9.17, 15) is 0 Å². The molecule has 0 radical (unpaired) electrons. The third-order valence-corrected chi connectivity index (χ3v) is 10.5. The Labute approximate surface area is 358 Å². The van der Waals surface area contributed by atoms with Gasteiger partial charge in [-0.1, -0.05) is 153 Å². The van der Waals surface area contributed by atoms with Gasteiger partial charge >= 0.3 is 25.8 Å². The maximum absolute atomic E-state index is 6.14. The van der Waals surface area contributed by atoms with Crippen LogP contribution >= 0.6 is 0 Å². The number of aromatic nitrogens is 2. The number of nitrogens with zero attached hydrogens (tertiary/aromatic N) is 3. The molecule has 6 aromatic rings. The van der Waals surface area contributed by atoms with Gasteiger partial charge in [0.2, 0.25) is 0 Å². The molecule has 292 valence electrons. The summed E-state index contributed by atoms with van der Waals surface area (Å²) in [5.74, 6) is 2.32. The van der Waals surface area contributed by atoms with Crippen molar-refractivity contribution in [3.63, 3.8) is 0 Å². The van der Waals surface area contributed by atoms with Crippen LogP contribution in [0.25, 0.3) is 50.0 Å². The number of ether oxygens (including phenoxy) is 1. The smallest absolute Gasteiger partial charge is 0.665 e. The molecular weight excluding hydrogens is 849 g/mol. The predicted molar refractivity (Wildman–Crippen MR) is 240 cm³/mol. The molecule has 0 aliphatic carbocycles. The second-order valence-electron chi connectivity index (χ2n) is 17.5. The van der Waals surface area contributed by atoms with E-state index >= 15 is 0 Å². The molecule has 0 aliphatic rings. The van der Waals surface area contributed by atoms with Gasteiger partial charge in [0.05, 0.1) is 11.0 Å². The Morgan fingerprint density at radius 2 is 1.18 bits per heavy atom. The van der Waals surface area contributed by atoms with E-state index in [4.69, 9.17) is 15.0 Å². The SMILES string of the molecule is [CH2-]Oc1c(-c2cc(C(C)(C)C)cc(C(C)(C)C)c2)cc(C)cc1-c1ccccc1-c1nc2c([N-]c3c(C(C)C)cccc3C(C)C)cc(C)cc2n1C.[CH3-].[CH3-].[Hf+4]. The van der Waals surface area contributed by atoms with E-state index in [1.54, 1.807) is 0 Å². The van der Waals surface area contributed by atoms with Crippen molar-refractivity contribution in [2.75, 3.05) is 0 Å². The summed E-state index contributed by atoms with van der Waals surface area (Å²) in [4.78, 5) is 5.40. The van der Waals surface area contributed by atoms with Gasteiger partial charge in [-0.25, -0.2) is 4.98 Å². The molecule has 0 fully saturated rings. The largest absolute Gasteiger partial charge is 4.00 e. The molecular formula is C51H63HfN3O. The van der Waals surface area contributed by atoms with Crippen molar-refractivity contribution in [1.29, 1.82) is 0 Å². The third kappa shape index (κ3) is 9.09. The third-order valence-electron chi connectivity index (χ3n) is 10.5. The number of aryl methyl sites for hydroxylation is 3. The number of benzene rings is 5. The molecule has 0 spiro atoms. The Morgan fingerprint density at radius 1 is 0.661 bits per heavy atom. The first kappa shape index (κ1) is 46.4. The van der Waals surface area contributed by atoms with Gasteiger partial charge < -0.3 is 29.5 Å². The van der Waals surface area contributed by atoms with Gasteiger partial charge in [0.15, 0.2) is 0 Å². The van der Waals surface area contributed by atoms with Gasteiger partial charge in [0.25, 0.3) is 0 Å². The van der Waals surface area contributed by atoms with Gasteiger partial charge in [-0.05, 0) is 82.5 Å². The molecule has 6 rings (SSSR count). The van der Waals surface area contributed by atoms with E-state index < -0.39 is 0 Å². The van der Waals surface area contributed by atoms with Crippen LogP contribution in [0, 0.1) is 35.8 Å². The quantitative estimate of drug-likeness (QED) is 0.113. The van der Waals surface area contributed by atoms with Crippen molar-refractivity contribution in [3.05, 3.63) is 146 Å². The molecule has 1 aromatic heterocycles. The molecule has 0 bridgehead atoms. The molecule has 0 aliphatic heterocycles. The van der Waals surface area contributed by atoms with Crippen LogP contribution in [-0.2, 0) is 43.7 Å². The van der Waals surface area contributed by atoms with Crippen LogP contribution in [0.15, 0.2) is 84.9 Å². The van der Waals surface area contributed by atoms with Gasteiger partial charge in [-0.15, -0.1) is 11.4 Å². The maximum Gasteiger partial charge on any atom is 4.00 e. The zero-order valence-electron chi connectivity index (χ0n) is 36.7. The zero-order chi connectivity index (χ0) is 38.6. The van der Waals surface area contributed by atoms with E-state index in [-0.39, 0.29) is 51.5 Å². The molecule has 0 saturated heterocycles. The first-order valence-electron chi connectivity index (χ1n) is 19.0. The summed E-state index contributed by atoms with van der Waals surface area (Å²) in [6.45, 7) is 26.9. The van der Waals surface area contributed by atoms with Gasteiger partial charge in [-0.3, -0.25) is 0 Å². The fourth-order valence-electron chi connectivity index (χ4n) is 7.40. The number of imidazole rings is 1. The fraction of sp³-hybridized carbons (Fsp3) is 0.333. The molecule has 56 heavy (non-hydrogen) atoms. The molecule has 0 N–H and O–H groups in total. The van der Waals surface area contributed by atoms with Gasteiger partial charge in [0.1, 0.15) is 11.6 Å². The van der Waals surface area contributed by atoms with Crippen LogP contribution in [0.5, 0.6) is 5.75 Å². The number of fused-ring (bicyclic) bond motifs is 1. The standard InChI is InChI=1S/C49H57N3O.2CH3.Hf/c1-29(2)36-20-17-21-37(30(3)4)44(36)50-42-24-32(6)25-43-45(42)51-47(52(43)13)39-19-16-15-18-38(39)41-23-31(5)22-40(46(41)53-14)33-26-34(48(7,8)9)28-35(27-33)49(10,11)12;;;/h15-30H,14H2,1-13H3;2*1H3;/q-2;2*-1;+4. The van der Waals surface area contributed by atoms with Crippen LogP contribution in [0.3, 0.4) is 0 Å². The summed E-state index contributed by atoms with van der Waals surface area (Å²) in [7, 11) is 6.13. The molecule has 0 unspecified atom stereocenters. The first-order valence-corrected chi connectivity index (χ1v) is 19.0. The Balaban J connectivity index is 0.00000280. The summed E-state index contributed by atoms with van der Waals surface area (Å²) in [6.07, 6.45) is 0. The zero-order valence-corrected chi connectivity index (χ0v) is 40.3. The number of hydrogen-bond donors (Lipinski definition) is 0. The average molecular weight is 913 g/mol. The normalized spacial score (nSPS) is 11.6. The number of hydrogen-bond acceptors (Lipinski definition) is 2. The van der Waals surface area contributed by atoms with E-state index in [1.165, 1.54) is 22.3 Å². The summed E-state index contributed by atoms with van der Waals surface area (Å²) in [5.41, 5.74) is 16.5. The van der Waals surface area contributed by atoms with Crippen molar-refractivity contribution in [1.82, 2.24) is 9.55 Å². The number of rotatable bonds is 8. The van der Waals surface area contributed by atoms with Crippen LogP contribution in [-0.4, -0.2) is 9.55 Å². The van der Waals surface area contributed by atoms with Crippen LogP contribution in [0.4, 0.5) is 11.4 Å². The fourth-order valence-corrected chi connectivity index (χ4v) is 7.40. The van der Waals surface area contributed by atoms with Crippen molar-refractivity contribution in [3.8, 4) is 39.4 Å². The van der Waals surface area contributed by atoms with Crippen molar-refractivity contribution in [2.24, 2.45) is 7.05 Å². The van der Waals surface area contributed by atoms with Crippen LogP contribution in [0.1, 0.15) is 114 Å². The molecule has 0 saturated carbocycles. The minimum Gasteiger partial charge on any atom is -0.665 e. The number of para-hydroxylation sites is 1. The van der Waals surface area contributed by atoms with Crippen molar-refractivity contribution >= 4 is 22.4 Å². The molecule has 0 amide bonds. The van der Waals surface area contributed by atoms with Crippen molar-refractivity contribution in [2.45, 2.75) is 106 Å².